The molecule has 3 aromatic rings. The number of nitrogens with one attached hydrogen (secondary N) is 1. The Morgan fingerprint density at radius 3 is 2.70 bits per heavy atom. The van der Waals surface area contributed by atoms with Crippen LogP contribution in [0.1, 0.15) is 48.9 Å². The van der Waals surface area contributed by atoms with E-state index in [4.69, 9.17) is 5.73 Å². The SMILES string of the molecule is CC(N)C(NC(=O)Cc1nc(C2CC2)nn1C)c1ccc2ccccc2c1. The molecule has 4 rings (SSSR count). The van der Waals surface area contributed by atoms with E-state index in [1.807, 2.05) is 32.2 Å². The summed E-state index contributed by atoms with van der Waals surface area (Å²) in [5.41, 5.74) is 7.20. The molecule has 1 heterocycles. The first-order chi connectivity index (χ1) is 13.0. The summed E-state index contributed by atoms with van der Waals surface area (Å²) in [7, 11) is 1.84. The topological polar surface area (TPSA) is 85.8 Å². The van der Waals surface area contributed by atoms with Crippen LogP contribution in [0.2, 0.25) is 0 Å². The molecule has 2 unspecified atom stereocenters. The van der Waals surface area contributed by atoms with Crippen molar-refractivity contribution in [2.75, 3.05) is 0 Å². The minimum atomic E-state index is -0.252. The number of aryl methyl sites for hydroxylation is 1. The molecule has 0 aliphatic heterocycles. The second-order valence-corrected chi connectivity index (χ2v) is 7.47. The van der Waals surface area contributed by atoms with E-state index in [1.54, 1.807) is 4.68 Å². The summed E-state index contributed by atoms with van der Waals surface area (Å²) in [6, 6.07) is 13.9. The Hall–Kier alpha value is -2.73. The molecule has 2 aromatic carbocycles. The van der Waals surface area contributed by atoms with Gasteiger partial charge in [0.1, 0.15) is 5.82 Å². The van der Waals surface area contributed by atoms with Gasteiger partial charge < -0.3 is 11.1 Å². The van der Waals surface area contributed by atoms with E-state index in [0.717, 1.165) is 29.6 Å². The van der Waals surface area contributed by atoms with E-state index in [0.29, 0.717) is 11.7 Å². The van der Waals surface area contributed by atoms with Gasteiger partial charge in [0.2, 0.25) is 5.91 Å². The molecule has 140 valence electrons. The van der Waals surface area contributed by atoms with Gasteiger partial charge in [-0.3, -0.25) is 9.48 Å². The number of amides is 1. The average molecular weight is 363 g/mol. The summed E-state index contributed by atoms with van der Waals surface area (Å²) in [6.45, 7) is 1.91. The number of fused-ring (bicyclic) bond motifs is 1. The van der Waals surface area contributed by atoms with Gasteiger partial charge in [-0.2, -0.15) is 5.10 Å². The number of rotatable bonds is 6. The zero-order valence-corrected chi connectivity index (χ0v) is 15.7. The Kier molecular flexibility index (Phi) is 4.66. The third-order valence-electron chi connectivity index (χ3n) is 5.11. The molecule has 0 radical (unpaired) electrons. The number of nitrogens with zero attached hydrogens (tertiary/aromatic N) is 3. The molecule has 0 spiro atoms. The smallest absolute Gasteiger partial charge is 0.228 e. The van der Waals surface area contributed by atoms with Crippen LogP contribution in [0.3, 0.4) is 0 Å². The third kappa shape index (κ3) is 3.85. The van der Waals surface area contributed by atoms with Crippen LogP contribution >= 0.6 is 0 Å². The maximum Gasteiger partial charge on any atom is 0.228 e. The first-order valence-corrected chi connectivity index (χ1v) is 9.44. The number of hydrogen-bond donors (Lipinski definition) is 2. The molecule has 27 heavy (non-hydrogen) atoms. The predicted octanol–water partition coefficient (Wildman–Crippen LogP) is 2.59. The molecule has 1 aromatic heterocycles. The highest BCUT2D eigenvalue weighted by molar-refractivity contribution is 5.83. The van der Waals surface area contributed by atoms with Crippen molar-refractivity contribution in [2.45, 2.75) is 44.2 Å². The second-order valence-electron chi connectivity index (χ2n) is 7.47. The molecule has 1 saturated carbocycles. The minimum Gasteiger partial charge on any atom is -0.347 e. The standard InChI is InChI=1S/C21H25N5O/c1-13(22)20(17-10-7-14-5-3-4-6-16(14)11-17)24-19(27)12-18-23-21(15-8-9-15)25-26(18)2/h3-7,10-11,13,15,20H,8-9,12,22H2,1-2H3,(H,24,27). The van der Waals surface area contributed by atoms with Gasteiger partial charge in [-0.05, 0) is 42.2 Å². The lowest BCUT2D eigenvalue weighted by Crippen LogP contribution is -2.40. The normalized spacial score (nSPS) is 16.3. The fraction of sp³-hybridized carbons (Fsp3) is 0.381. The zero-order chi connectivity index (χ0) is 19.0. The van der Waals surface area contributed by atoms with Gasteiger partial charge in [0.25, 0.3) is 0 Å². The number of benzene rings is 2. The first kappa shape index (κ1) is 17.7. The van der Waals surface area contributed by atoms with Crippen LogP contribution in [0.15, 0.2) is 42.5 Å². The van der Waals surface area contributed by atoms with Crippen molar-refractivity contribution in [3.63, 3.8) is 0 Å². The number of nitrogens with two attached hydrogens (primary N) is 1. The summed E-state index contributed by atoms with van der Waals surface area (Å²) in [5.74, 6) is 1.93. The highest BCUT2D eigenvalue weighted by Gasteiger charge is 2.29. The number of carbonyl (C=O) groups is 1. The maximum absolute atomic E-state index is 12.7. The van der Waals surface area contributed by atoms with Gasteiger partial charge in [-0.25, -0.2) is 4.98 Å². The van der Waals surface area contributed by atoms with Crippen molar-refractivity contribution in [2.24, 2.45) is 12.8 Å². The first-order valence-electron chi connectivity index (χ1n) is 9.44. The molecule has 0 bridgehead atoms. The zero-order valence-electron chi connectivity index (χ0n) is 15.7. The molecule has 3 N–H and O–H groups in total. The third-order valence-corrected chi connectivity index (χ3v) is 5.11. The monoisotopic (exact) mass is 363 g/mol. The van der Waals surface area contributed by atoms with Crippen LogP contribution in [-0.4, -0.2) is 26.7 Å². The summed E-state index contributed by atoms with van der Waals surface area (Å²) in [5, 5.41) is 9.82. The van der Waals surface area contributed by atoms with Crippen molar-refractivity contribution in [3.8, 4) is 0 Å². The van der Waals surface area contributed by atoms with Gasteiger partial charge in [-0.15, -0.1) is 0 Å². The highest BCUT2D eigenvalue weighted by atomic mass is 16.1. The molecule has 1 aliphatic rings. The van der Waals surface area contributed by atoms with Gasteiger partial charge in [0.15, 0.2) is 5.82 Å². The second kappa shape index (κ2) is 7.12. The minimum absolute atomic E-state index is 0.0942. The Labute approximate surface area is 158 Å². The summed E-state index contributed by atoms with van der Waals surface area (Å²) in [4.78, 5) is 17.2. The highest BCUT2D eigenvalue weighted by Crippen LogP contribution is 2.38. The lowest BCUT2D eigenvalue weighted by molar-refractivity contribution is -0.121. The fourth-order valence-electron chi connectivity index (χ4n) is 3.39. The average Bonchev–Trinajstić information content (AvgIpc) is 3.44. The Morgan fingerprint density at radius 1 is 1.26 bits per heavy atom. The molecule has 1 amide bonds. The quantitative estimate of drug-likeness (QED) is 0.705. The van der Waals surface area contributed by atoms with Crippen molar-refractivity contribution in [1.29, 1.82) is 0 Å². The molecule has 1 fully saturated rings. The van der Waals surface area contributed by atoms with Crippen molar-refractivity contribution in [3.05, 3.63) is 59.7 Å². The molecular formula is C21H25N5O. The fourth-order valence-corrected chi connectivity index (χ4v) is 3.39. The lowest BCUT2D eigenvalue weighted by Gasteiger charge is -2.23. The van der Waals surface area contributed by atoms with Crippen LogP contribution in [0.5, 0.6) is 0 Å². The number of hydrogen-bond acceptors (Lipinski definition) is 4. The van der Waals surface area contributed by atoms with Crippen LogP contribution in [-0.2, 0) is 18.3 Å². The van der Waals surface area contributed by atoms with Gasteiger partial charge in [0, 0.05) is 19.0 Å². The molecule has 2 atom stereocenters. The lowest BCUT2D eigenvalue weighted by atomic mass is 9.97. The van der Waals surface area contributed by atoms with Crippen molar-refractivity contribution in [1.82, 2.24) is 20.1 Å². The van der Waals surface area contributed by atoms with Gasteiger partial charge in [0.05, 0.1) is 12.5 Å². The Bertz CT molecular complexity index is 974. The van der Waals surface area contributed by atoms with Crippen molar-refractivity contribution >= 4 is 16.7 Å². The molecule has 1 aliphatic carbocycles. The molecule has 6 nitrogen and oxygen atoms in total. The number of aromatic nitrogens is 3. The summed E-state index contributed by atoms with van der Waals surface area (Å²) < 4.78 is 1.71. The van der Waals surface area contributed by atoms with E-state index >= 15 is 0 Å². The van der Waals surface area contributed by atoms with Crippen LogP contribution < -0.4 is 11.1 Å². The molecule has 0 saturated heterocycles. The predicted molar refractivity (Wildman–Crippen MR) is 105 cm³/mol. The van der Waals surface area contributed by atoms with E-state index in [1.165, 1.54) is 5.39 Å². The molecular weight excluding hydrogens is 338 g/mol. The van der Waals surface area contributed by atoms with Crippen molar-refractivity contribution < 1.29 is 4.79 Å². The number of carbonyl (C=O) groups excluding carboxylic acids is 1. The van der Waals surface area contributed by atoms with Crippen LogP contribution in [0, 0.1) is 0 Å². The Balaban J connectivity index is 1.51. The van der Waals surface area contributed by atoms with E-state index in [2.05, 4.69) is 39.7 Å². The van der Waals surface area contributed by atoms with Gasteiger partial charge in [-0.1, -0.05) is 36.4 Å². The van der Waals surface area contributed by atoms with E-state index < -0.39 is 0 Å². The van der Waals surface area contributed by atoms with Crippen LogP contribution in [0.25, 0.3) is 10.8 Å². The molecule has 6 heteroatoms. The maximum atomic E-state index is 12.7. The Morgan fingerprint density at radius 2 is 2.00 bits per heavy atom. The van der Waals surface area contributed by atoms with Gasteiger partial charge >= 0.3 is 0 Å². The largest absolute Gasteiger partial charge is 0.347 e. The summed E-state index contributed by atoms with van der Waals surface area (Å²) in [6.07, 6.45) is 2.49. The summed E-state index contributed by atoms with van der Waals surface area (Å²) >= 11 is 0. The van der Waals surface area contributed by atoms with E-state index in [9.17, 15) is 4.79 Å². The van der Waals surface area contributed by atoms with E-state index in [-0.39, 0.29) is 24.4 Å². The van der Waals surface area contributed by atoms with Crippen LogP contribution in [0.4, 0.5) is 0 Å².